The second-order valence-corrected chi connectivity index (χ2v) is 6.06. The number of aromatic nitrogens is 3. The predicted octanol–water partition coefficient (Wildman–Crippen LogP) is 3.25. The van der Waals surface area contributed by atoms with Crippen molar-refractivity contribution in [3.8, 4) is 5.75 Å². The summed E-state index contributed by atoms with van der Waals surface area (Å²) >= 11 is 0. The fraction of sp³-hybridized carbons (Fsp3) is 0.294. The van der Waals surface area contributed by atoms with Crippen LogP contribution in [0, 0.1) is 6.92 Å². The van der Waals surface area contributed by atoms with Gasteiger partial charge in [-0.25, -0.2) is 4.98 Å². The molecule has 6 nitrogen and oxygen atoms in total. The molecule has 3 aromatic rings. The molecular formula is C17H20N4O2. The van der Waals surface area contributed by atoms with Crippen molar-refractivity contribution >= 4 is 22.4 Å². The van der Waals surface area contributed by atoms with Gasteiger partial charge >= 0.3 is 0 Å². The fourth-order valence-corrected chi connectivity index (χ4v) is 2.51. The van der Waals surface area contributed by atoms with Gasteiger partial charge in [-0.05, 0) is 50.4 Å². The van der Waals surface area contributed by atoms with E-state index in [0.717, 1.165) is 22.2 Å². The third-order valence-electron chi connectivity index (χ3n) is 3.58. The first-order chi connectivity index (χ1) is 10.9. The van der Waals surface area contributed by atoms with Crippen molar-refractivity contribution in [2.24, 2.45) is 0 Å². The summed E-state index contributed by atoms with van der Waals surface area (Å²) < 4.78 is 5.29. The highest BCUT2D eigenvalue weighted by Gasteiger charge is 2.22. The van der Waals surface area contributed by atoms with E-state index in [1.165, 1.54) is 0 Å². The van der Waals surface area contributed by atoms with Gasteiger partial charge in [-0.15, -0.1) is 0 Å². The number of ether oxygens (including phenoxy) is 1. The highest BCUT2D eigenvalue weighted by atomic mass is 16.5. The highest BCUT2D eigenvalue weighted by Crippen LogP contribution is 2.31. The zero-order valence-corrected chi connectivity index (χ0v) is 13.6. The number of hydrogen-bond donors (Lipinski definition) is 3. The number of rotatable bonds is 4. The number of anilines is 2. The van der Waals surface area contributed by atoms with Gasteiger partial charge in [0, 0.05) is 17.1 Å². The van der Waals surface area contributed by atoms with Gasteiger partial charge in [0.05, 0.1) is 12.8 Å². The number of fused-ring (bicyclic) bond motifs is 1. The molecular weight excluding hydrogens is 292 g/mol. The number of H-pyrrole nitrogens is 1. The van der Waals surface area contributed by atoms with Crippen LogP contribution in [0.2, 0.25) is 0 Å². The molecule has 0 aliphatic heterocycles. The second-order valence-electron chi connectivity index (χ2n) is 6.06. The zero-order chi connectivity index (χ0) is 16.6. The van der Waals surface area contributed by atoms with Crippen molar-refractivity contribution in [3.63, 3.8) is 0 Å². The van der Waals surface area contributed by atoms with E-state index >= 15 is 0 Å². The molecule has 2 heterocycles. The van der Waals surface area contributed by atoms with Crippen molar-refractivity contribution in [2.75, 3.05) is 12.4 Å². The molecule has 2 aromatic heterocycles. The minimum absolute atomic E-state index is 0.604. The maximum Gasteiger partial charge on any atom is 0.153 e. The highest BCUT2D eigenvalue weighted by molar-refractivity contribution is 5.89. The second kappa shape index (κ2) is 5.55. The molecule has 0 radical (unpaired) electrons. The Morgan fingerprint density at radius 2 is 1.96 bits per heavy atom. The monoisotopic (exact) mass is 312 g/mol. The molecule has 0 saturated carbocycles. The van der Waals surface area contributed by atoms with E-state index < -0.39 is 5.60 Å². The number of nitrogens with zero attached hydrogens (tertiary/aromatic N) is 2. The number of hydrogen-bond acceptors (Lipinski definition) is 5. The SMILES string of the molecule is COc1ccc2c(C(C)(C)O)nc(Nc3cc(C)[nH]n3)cc2c1. The van der Waals surface area contributed by atoms with Crippen molar-refractivity contribution in [2.45, 2.75) is 26.4 Å². The summed E-state index contributed by atoms with van der Waals surface area (Å²) in [6, 6.07) is 9.51. The average Bonchev–Trinajstić information content (AvgIpc) is 2.90. The van der Waals surface area contributed by atoms with E-state index in [1.54, 1.807) is 21.0 Å². The van der Waals surface area contributed by atoms with E-state index in [1.807, 2.05) is 37.3 Å². The first-order valence-electron chi connectivity index (χ1n) is 7.37. The molecule has 0 unspecified atom stereocenters. The zero-order valence-electron chi connectivity index (χ0n) is 13.6. The quantitative estimate of drug-likeness (QED) is 0.689. The molecule has 3 rings (SSSR count). The number of aromatic amines is 1. The largest absolute Gasteiger partial charge is 0.497 e. The summed E-state index contributed by atoms with van der Waals surface area (Å²) in [6.07, 6.45) is 0. The van der Waals surface area contributed by atoms with Gasteiger partial charge in [-0.3, -0.25) is 5.10 Å². The molecule has 120 valence electrons. The van der Waals surface area contributed by atoms with Crippen LogP contribution >= 0.6 is 0 Å². The summed E-state index contributed by atoms with van der Waals surface area (Å²) in [7, 11) is 1.63. The lowest BCUT2D eigenvalue weighted by atomic mass is 9.98. The molecule has 0 spiro atoms. The van der Waals surface area contributed by atoms with Gasteiger partial charge in [-0.1, -0.05) is 0 Å². The van der Waals surface area contributed by atoms with Crippen LogP contribution in [0.3, 0.4) is 0 Å². The van der Waals surface area contributed by atoms with Crippen molar-refractivity contribution in [1.82, 2.24) is 15.2 Å². The van der Waals surface area contributed by atoms with Crippen molar-refractivity contribution < 1.29 is 9.84 Å². The topological polar surface area (TPSA) is 83.1 Å². The summed E-state index contributed by atoms with van der Waals surface area (Å²) in [6.45, 7) is 5.38. The summed E-state index contributed by atoms with van der Waals surface area (Å²) in [5.74, 6) is 2.06. The Morgan fingerprint density at radius 1 is 1.17 bits per heavy atom. The molecule has 0 aliphatic carbocycles. The van der Waals surface area contributed by atoms with Gasteiger partial charge in [0.15, 0.2) is 5.82 Å². The van der Waals surface area contributed by atoms with Crippen LogP contribution in [0.25, 0.3) is 10.8 Å². The van der Waals surface area contributed by atoms with Gasteiger partial charge in [0.1, 0.15) is 17.2 Å². The molecule has 0 bridgehead atoms. The van der Waals surface area contributed by atoms with Crippen molar-refractivity contribution in [3.05, 3.63) is 41.7 Å². The number of methoxy groups -OCH3 is 1. The van der Waals surface area contributed by atoms with Gasteiger partial charge in [0.25, 0.3) is 0 Å². The summed E-state index contributed by atoms with van der Waals surface area (Å²) in [4.78, 5) is 4.58. The smallest absolute Gasteiger partial charge is 0.153 e. The lowest BCUT2D eigenvalue weighted by Gasteiger charge is -2.20. The summed E-state index contributed by atoms with van der Waals surface area (Å²) in [5, 5.41) is 22.5. The standard InChI is InChI=1S/C17H20N4O2/c1-10-7-15(21-20-10)18-14-9-11-8-12(23-4)5-6-13(11)16(19-14)17(2,3)22/h5-9,22H,1-4H3,(H2,18,19,20,21). The van der Waals surface area contributed by atoms with Crippen LogP contribution in [-0.4, -0.2) is 27.4 Å². The van der Waals surface area contributed by atoms with Crippen LogP contribution in [0.5, 0.6) is 5.75 Å². The Morgan fingerprint density at radius 3 is 2.57 bits per heavy atom. The Balaban J connectivity index is 2.14. The van der Waals surface area contributed by atoms with Gasteiger partial charge in [0.2, 0.25) is 0 Å². The number of nitrogens with one attached hydrogen (secondary N) is 2. The average molecular weight is 312 g/mol. The third kappa shape index (κ3) is 3.12. The van der Waals surface area contributed by atoms with E-state index in [2.05, 4.69) is 20.5 Å². The minimum atomic E-state index is -1.06. The van der Waals surface area contributed by atoms with E-state index in [0.29, 0.717) is 17.3 Å². The molecule has 0 amide bonds. The number of aliphatic hydroxyl groups is 1. The van der Waals surface area contributed by atoms with Crippen molar-refractivity contribution in [1.29, 1.82) is 0 Å². The summed E-state index contributed by atoms with van der Waals surface area (Å²) in [5.41, 5.74) is 0.497. The normalized spacial score (nSPS) is 11.7. The Labute approximate surface area is 134 Å². The molecule has 0 aliphatic rings. The Kier molecular flexibility index (Phi) is 3.69. The van der Waals surface area contributed by atoms with Gasteiger partial charge < -0.3 is 15.2 Å². The number of pyridine rings is 1. The van der Waals surface area contributed by atoms with Crippen LogP contribution in [0.4, 0.5) is 11.6 Å². The maximum atomic E-state index is 10.5. The molecule has 23 heavy (non-hydrogen) atoms. The van der Waals surface area contributed by atoms with Crippen LogP contribution in [0.1, 0.15) is 25.2 Å². The predicted molar refractivity (Wildman–Crippen MR) is 90.1 cm³/mol. The van der Waals surface area contributed by atoms with Crippen LogP contribution < -0.4 is 10.1 Å². The third-order valence-corrected chi connectivity index (χ3v) is 3.58. The minimum Gasteiger partial charge on any atom is -0.497 e. The number of aryl methyl sites for hydroxylation is 1. The van der Waals surface area contributed by atoms with Crippen LogP contribution in [0.15, 0.2) is 30.3 Å². The number of benzene rings is 1. The molecule has 3 N–H and O–H groups in total. The van der Waals surface area contributed by atoms with E-state index in [9.17, 15) is 5.11 Å². The van der Waals surface area contributed by atoms with E-state index in [4.69, 9.17) is 4.74 Å². The lowest BCUT2D eigenvalue weighted by molar-refractivity contribution is 0.0757. The molecule has 1 aromatic carbocycles. The van der Waals surface area contributed by atoms with E-state index in [-0.39, 0.29) is 0 Å². The molecule has 0 atom stereocenters. The fourth-order valence-electron chi connectivity index (χ4n) is 2.51. The first-order valence-corrected chi connectivity index (χ1v) is 7.37. The lowest BCUT2D eigenvalue weighted by Crippen LogP contribution is -2.18. The molecule has 6 heteroatoms. The molecule has 0 fully saturated rings. The Bertz CT molecular complexity index is 849. The van der Waals surface area contributed by atoms with Crippen LogP contribution in [-0.2, 0) is 5.60 Å². The first kappa shape index (κ1) is 15.3. The Hall–Kier alpha value is -2.60. The maximum absolute atomic E-state index is 10.5. The molecule has 0 saturated heterocycles. The van der Waals surface area contributed by atoms with Gasteiger partial charge in [-0.2, -0.15) is 5.10 Å².